The van der Waals surface area contributed by atoms with Crippen LogP contribution in [0.4, 0.5) is 0 Å². The Morgan fingerprint density at radius 3 is 2.39 bits per heavy atom. The average Bonchev–Trinajstić information content (AvgIpc) is 3.68. The smallest absolute Gasteiger partial charge is 0.342 e. The van der Waals surface area contributed by atoms with Gasteiger partial charge in [-0.05, 0) is 86.7 Å². The third-order valence-corrected chi connectivity index (χ3v) is 10.8. The van der Waals surface area contributed by atoms with Gasteiger partial charge in [-0.2, -0.15) is 5.26 Å². The number of benzene rings is 2. The highest BCUT2D eigenvalue weighted by Gasteiger charge is 2.53. The van der Waals surface area contributed by atoms with Crippen LogP contribution in [0.2, 0.25) is 0 Å². The topological polar surface area (TPSA) is 124 Å². The van der Waals surface area contributed by atoms with Gasteiger partial charge in [-0.3, -0.25) is 9.59 Å². The molecule has 0 spiro atoms. The molecule has 0 heterocycles. The van der Waals surface area contributed by atoms with Crippen LogP contribution in [0, 0.1) is 40.4 Å². The zero-order chi connectivity index (χ0) is 32.3. The predicted molar refractivity (Wildman–Crippen MR) is 169 cm³/mol. The first-order chi connectivity index (χ1) is 22.3. The van der Waals surface area contributed by atoms with Crippen LogP contribution in [0.5, 0.6) is 11.5 Å². The van der Waals surface area contributed by atoms with Crippen molar-refractivity contribution in [2.45, 2.75) is 89.9 Å². The van der Waals surface area contributed by atoms with E-state index in [9.17, 15) is 19.6 Å². The molecule has 6 rings (SSSR count). The van der Waals surface area contributed by atoms with Gasteiger partial charge in [0.1, 0.15) is 35.8 Å². The van der Waals surface area contributed by atoms with Gasteiger partial charge in [-0.1, -0.05) is 43.7 Å². The molecule has 46 heavy (non-hydrogen) atoms. The molecule has 4 aliphatic rings. The summed E-state index contributed by atoms with van der Waals surface area (Å²) in [6.07, 6.45) is 7.95. The zero-order valence-corrected chi connectivity index (χ0v) is 26.8. The number of methoxy groups -OCH3 is 1. The number of hydrogen-bond acceptors (Lipinski definition) is 8. The minimum Gasteiger partial charge on any atom is -0.496 e. The number of rotatable bonds is 11. The van der Waals surface area contributed by atoms with E-state index in [1.54, 1.807) is 0 Å². The standard InChI is InChI=1S/C37H44N2O7/c1-37(15-6-16-37)22-39-34(40)32-25-9-10-26(17-25)33(32)46-36(42)29-19-30(27(20-38)18-31(29)43-2)45-28-13-11-24(12-14-28)35(41)44-21-23-7-4-3-5-8-23/h3-5,7-8,18-19,24-26,28,32-33H,6,9-17,21-22H2,1-2H3,(H,39,40)/t24-,25-,26+,28-,32+,33-/m1/s1. The number of amides is 1. The van der Waals surface area contributed by atoms with Crippen LogP contribution in [-0.4, -0.2) is 43.7 Å². The Balaban J connectivity index is 1.09. The summed E-state index contributed by atoms with van der Waals surface area (Å²) < 4.78 is 23.5. The second-order valence-electron chi connectivity index (χ2n) is 14.0. The molecule has 9 nitrogen and oxygen atoms in total. The number of hydrogen-bond donors (Lipinski definition) is 1. The molecule has 2 aromatic carbocycles. The van der Waals surface area contributed by atoms with E-state index < -0.39 is 12.1 Å². The lowest BCUT2D eigenvalue weighted by molar-refractivity contribution is -0.151. The van der Waals surface area contributed by atoms with E-state index in [2.05, 4.69) is 18.3 Å². The monoisotopic (exact) mass is 628 g/mol. The number of ether oxygens (including phenoxy) is 4. The molecule has 2 aromatic rings. The van der Waals surface area contributed by atoms with Crippen molar-refractivity contribution in [2.24, 2.45) is 29.1 Å². The van der Waals surface area contributed by atoms with E-state index in [0.717, 1.165) is 37.7 Å². The van der Waals surface area contributed by atoms with Crippen molar-refractivity contribution in [2.75, 3.05) is 13.7 Å². The number of carbonyl (C=O) groups is 3. The lowest BCUT2D eigenvalue weighted by Gasteiger charge is -2.39. The Bertz CT molecular complexity index is 1470. The maximum Gasteiger partial charge on any atom is 0.342 e. The molecule has 9 heteroatoms. The number of fused-ring (bicyclic) bond motifs is 2. The Hall–Kier alpha value is -4.06. The molecule has 4 atom stereocenters. The molecule has 4 fully saturated rings. The van der Waals surface area contributed by atoms with Crippen molar-refractivity contribution in [1.82, 2.24) is 5.32 Å². The van der Waals surface area contributed by atoms with Gasteiger partial charge in [0, 0.05) is 12.6 Å². The summed E-state index contributed by atoms with van der Waals surface area (Å²) in [5, 5.41) is 13.1. The molecular weight excluding hydrogens is 584 g/mol. The summed E-state index contributed by atoms with van der Waals surface area (Å²) in [6.45, 7) is 3.11. The van der Waals surface area contributed by atoms with Crippen LogP contribution >= 0.6 is 0 Å². The fourth-order valence-corrected chi connectivity index (χ4v) is 7.85. The van der Waals surface area contributed by atoms with Crippen molar-refractivity contribution < 1.29 is 33.3 Å². The first-order valence-electron chi connectivity index (χ1n) is 16.7. The summed E-state index contributed by atoms with van der Waals surface area (Å²) in [5.74, 6) is -0.513. The summed E-state index contributed by atoms with van der Waals surface area (Å²) >= 11 is 0. The van der Waals surface area contributed by atoms with Crippen LogP contribution in [0.15, 0.2) is 42.5 Å². The first kappa shape index (κ1) is 31.9. The van der Waals surface area contributed by atoms with Crippen molar-refractivity contribution in [3.8, 4) is 17.6 Å². The number of esters is 2. The Kier molecular flexibility index (Phi) is 9.53. The summed E-state index contributed by atoms with van der Waals surface area (Å²) in [7, 11) is 1.45. The maximum atomic E-state index is 13.7. The predicted octanol–water partition coefficient (Wildman–Crippen LogP) is 6.13. The minimum absolute atomic E-state index is 0.0199. The van der Waals surface area contributed by atoms with E-state index in [-0.39, 0.29) is 76.3 Å². The molecule has 0 radical (unpaired) electrons. The minimum atomic E-state index is -0.586. The highest BCUT2D eigenvalue weighted by Crippen LogP contribution is 2.50. The van der Waals surface area contributed by atoms with Gasteiger partial charge >= 0.3 is 11.9 Å². The lowest BCUT2D eigenvalue weighted by Crippen LogP contribution is -2.47. The van der Waals surface area contributed by atoms with Gasteiger partial charge < -0.3 is 24.3 Å². The van der Waals surface area contributed by atoms with Crippen molar-refractivity contribution >= 4 is 17.8 Å². The molecule has 0 unspecified atom stereocenters. The van der Waals surface area contributed by atoms with Crippen LogP contribution < -0.4 is 14.8 Å². The Labute approximate surface area is 270 Å². The fourth-order valence-electron chi connectivity index (χ4n) is 7.85. The van der Waals surface area contributed by atoms with Gasteiger partial charge in [0.25, 0.3) is 0 Å². The third kappa shape index (κ3) is 6.86. The molecule has 1 amide bonds. The Morgan fingerprint density at radius 1 is 0.978 bits per heavy atom. The highest BCUT2D eigenvalue weighted by molar-refractivity contribution is 5.94. The van der Waals surface area contributed by atoms with Crippen molar-refractivity contribution in [3.63, 3.8) is 0 Å². The molecule has 1 N–H and O–H groups in total. The second kappa shape index (κ2) is 13.7. The van der Waals surface area contributed by atoms with E-state index in [4.69, 9.17) is 18.9 Å². The number of nitrogens with zero attached hydrogens (tertiary/aromatic N) is 1. The fraction of sp³-hybridized carbons (Fsp3) is 0.568. The van der Waals surface area contributed by atoms with Crippen LogP contribution in [0.25, 0.3) is 0 Å². The highest BCUT2D eigenvalue weighted by atomic mass is 16.5. The zero-order valence-electron chi connectivity index (χ0n) is 26.8. The van der Waals surface area contributed by atoms with Gasteiger partial charge in [-0.15, -0.1) is 0 Å². The van der Waals surface area contributed by atoms with Gasteiger partial charge in [0.2, 0.25) is 5.91 Å². The number of nitrogens with one attached hydrogen (secondary N) is 1. The lowest BCUT2D eigenvalue weighted by atomic mass is 9.70. The molecule has 4 saturated carbocycles. The normalized spacial score (nSPS) is 27.5. The van der Waals surface area contributed by atoms with E-state index >= 15 is 0 Å². The van der Waals surface area contributed by atoms with Gasteiger partial charge in [-0.25, -0.2) is 4.79 Å². The molecule has 2 bridgehead atoms. The van der Waals surface area contributed by atoms with Crippen molar-refractivity contribution in [3.05, 3.63) is 59.2 Å². The maximum absolute atomic E-state index is 13.7. The van der Waals surface area contributed by atoms with E-state index in [0.29, 0.717) is 32.2 Å². The number of nitriles is 1. The molecular formula is C37H44N2O7. The third-order valence-electron chi connectivity index (χ3n) is 10.8. The Morgan fingerprint density at radius 2 is 1.72 bits per heavy atom. The van der Waals surface area contributed by atoms with Crippen LogP contribution in [-0.2, 0) is 25.7 Å². The number of carbonyl (C=O) groups excluding carboxylic acids is 3. The molecule has 244 valence electrons. The van der Waals surface area contributed by atoms with Crippen LogP contribution in [0.3, 0.4) is 0 Å². The summed E-state index contributed by atoms with van der Waals surface area (Å²) in [6, 6.07) is 14.8. The SMILES string of the molecule is COc1cc(C#N)c(O[C@H]2CC[C@H](C(=O)OCc3ccccc3)CC2)cc1C(=O)O[C@@H]1[C@H]2CC[C@H](C2)[C@@H]1C(=O)NCC1(C)CCC1. The first-order valence-corrected chi connectivity index (χ1v) is 16.7. The van der Waals surface area contributed by atoms with E-state index in [1.165, 1.54) is 25.7 Å². The average molecular weight is 629 g/mol. The van der Waals surface area contributed by atoms with Crippen molar-refractivity contribution in [1.29, 1.82) is 5.26 Å². The van der Waals surface area contributed by atoms with Gasteiger partial charge in [0.05, 0.1) is 30.6 Å². The van der Waals surface area contributed by atoms with E-state index in [1.807, 2.05) is 30.3 Å². The molecule has 0 aromatic heterocycles. The molecule has 4 aliphatic carbocycles. The van der Waals surface area contributed by atoms with Gasteiger partial charge in [0.15, 0.2) is 0 Å². The molecule has 0 saturated heterocycles. The quantitative estimate of drug-likeness (QED) is 0.295. The largest absolute Gasteiger partial charge is 0.496 e. The summed E-state index contributed by atoms with van der Waals surface area (Å²) in [5.41, 5.74) is 1.53. The van der Waals surface area contributed by atoms with Crippen LogP contribution in [0.1, 0.15) is 92.6 Å². The molecule has 0 aliphatic heterocycles. The second-order valence-corrected chi connectivity index (χ2v) is 14.0. The summed E-state index contributed by atoms with van der Waals surface area (Å²) in [4.78, 5) is 39.8.